The zero-order valence-corrected chi connectivity index (χ0v) is 14.0. The molecule has 1 aromatic rings. The largest absolute Gasteiger partial charge is 0.324 e. The number of amides is 2. The van der Waals surface area contributed by atoms with Crippen LogP contribution in [0.15, 0.2) is 35.9 Å². The molecule has 1 aliphatic heterocycles. The van der Waals surface area contributed by atoms with Gasteiger partial charge in [0.15, 0.2) is 0 Å². The predicted octanol–water partition coefficient (Wildman–Crippen LogP) is 2.75. The molecule has 2 rings (SSSR count). The molecule has 0 aromatic heterocycles. The van der Waals surface area contributed by atoms with E-state index in [2.05, 4.69) is 5.32 Å². The molecule has 1 saturated heterocycles. The van der Waals surface area contributed by atoms with E-state index in [0.29, 0.717) is 28.5 Å². The van der Waals surface area contributed by atoms with Gasteiger partial charge in [-0.15, -0.1) is 11.8 Å². The first-order valence-corrected chi connectivity index (χ1v) is 8.58. The molecule has 1 aromatic carbocycles. The van der Waals surface area contributed by atoms with E-state index in [-0.39, 0.29) is 11.8 Å². The van der Waals surface area contributed by atoms with E-state index in [9.17, 15) is 9.59 Å². The maximum atomic E-state index is 12.5. The number of benzene rings is 1. The number of carbonyl (C=O) groups excluding carboxylic acids is 2. The summed E-state index contributed by atoms with van der Waals surface area (Å²) in [6, 6.07) is 8.24. The Morgan fingerprint density at radius 3 is 2.74 bits per heavy atom. The van der Waals surface area contributed by atoms with Crippen LogP contribution in [0.3, 0.4) is 0 Å². The summed E-state index contributed by atoms with van der Waals surface area (Å²) in [5.41, 5.74) is 1.84. The van der Waals surface area contributed by atoms with Crippen LogP contribution in [0.5, 0.6) is 0 Å². The SMILES string of the molecule is CC/C=C(/C)C(=O)N1CSCC1C(=O)Nc1ccc(C#N)cc1. The third-order valence-electron chi connectivity index (χ3n) is 3.58. The molecule has 0 radical (unpaired) electrons. The molecule has 1 heterocycles. The van der Waals surface area contributed by atoms with Gasteiger partial charge >= 0.3 is 0 Å². The van der Waals surface area contributed by atoms with E-state index in [1.54, 1.807) is 47.9 Å². The Balaban J connectivity index is 2.07. The minimum absolute atomic E-state index is 0.0863. The minimum Gasteiger partial charge on any atom is -0.324 e. The third-order valence-corrected chi connectivity index (χ3v) is 4.59. The molecule has 1 aliphatic rings. The first-order valence-electron chi connectivity index (χ1n) is 7.43. The topological polar surface area (TPSA) is 73.2 Å². The van der Waals surface area contributed by atoms with Gasteiger partial charge in [0.2, 0.25) is 5.91 Å². The molecule has 0 saturated carbocycles. The maximum absolute atomic E-state index is 12.5. The highest BCUT2D eigenvalue weighted by Crippen LogP contribution is 2.24. The molecule has 2 amide bonds. The number of nitrogens with zero attached hydrogens (tertiary/aromatic N) is 2. The van der Waals surface area contributed by atoms with Crippen molar-refractivity contribution in [2.24, 2.45) is 0 Å². The highest BCUT2D eigenvalue weighted by atomic mass is 32.2. The summed E-state index contributed by atoms with van der Waals surface area (Å²) in [5, 5.41) is 11.6. The van der Waals surface area contributed by atoms with Gasteiger partial charge in [0.1, 0.15) is 6.04 Å². The fourth-order valence-electron chi connectivity index (χ4n) is 2.33. The number of rotatable bonds is 4. The molecule has 6 heteroatoms. The quantitative estimate of drug-likeness (QED) is 0.862. The molecule has 0 spiro atoms. The summed E-state index contributed by atoms with van der Waals surface area (Å²) in [4.78, 5) is 26.5. The van der Waals surface area contributed by atoms with E-state index >= 15 is 0 Å². The molecule has 1 atom stereocenters. The van der Waals surface area contributed by atoms with Crippen molar-refractivity contribution in [3.05, 3.63) is 41.5 Å². The molecular formula is C17H19N3O2S. The number of carbonyl (C=O) groups is 2. The number of allylic oxidation sites excluding steroid dienone is 1. The van der Waals surface area contributed by atoms with E-state index in [4.69, 9.17) is 5.26 Å². The van der Waals surface area contributed by atoms with Gasteiger partial charge in [-0.1, -0.05) is 13.0 Å². The number of anilines is 1. The summed E-state index contributed by atoms with van der Waals surface area (Å²) in [7, 11) is 0. The fourth-order valence-corrected chi connectivity index (χ4v) is 3.49. The van der Waals surface area contributed by atoms with Crippen molar-refractivity contribution < 1.29 is 9.59 Å². The number of thioether (sulfide) groups is 1. The first kappa shape index (κ1) is 17.1. The van der Waals surface area contributed by atoms with Crippen molar-refractivity contribution in [2.45, 2.75) is 26.3 Å². The van der Waals surface area contributed by atoms with Crippen LogP contribution in [0.1, 0.15) is 25.8 Å². The van der Waals surface area contributed by atoms with Gasteiger partial charge in [-0.25, -0.2) is 0 Å². The second-order valence-electron chi connectivity index (χ2n) is 5.26. The number of hydrogen-bond donors (Lipinski definition) is 1. The minimum atomic E-state index is -0.469. The lowest BCUT2D eigenvalue weighted by atomic mass is 10.1. The normalized spacial score (nSPS) is 17.7. The van der Waals surface area contributed by atoms with E-state index < -0.39 is 6.04 Å². The standard InChI is InChI=1S/C17H19N3O2S/c1-3-4-12(2)17(22)20-11-23-10-15(20)16(21)19-14-7-5-13(9-18)6-8-14/h4-8,15H,3,10-11H2,1-2H3,(H,19,21)/b12-4-. The molecular weight excluding hydrogens is 310 g/mol. The second-order valence-corrected chi connectivity index (χ2v) is 6.26. The summed E-state index contributed by atoms with van der Waals surface area (Å²) < 4.78 is 0. The van der Waals surface area contributed by atoms with Crippen molar-refractivity contribution >= 4 is 29.3 Å². The van der Waals surface area contributed by atoms with Crippen LogP contribution in [0.4, 0.5) is 5.69 Å². The predicted molar refractivity (Wildman–Crippen MR) is 91.8 cm³/mol. The summed E-state index contributed by atoms with van der Waals surface area (Å²) >= 11 is 1.57. The van der Waals surface area contributed by atoms with Crippen LogP contribution in [-0.4, -0.2) is 34.4 Å². The summed E-state index contributed by atoms with van der Waals surface area (Å²) in [5.74, 6) is 0.834. The zero-order valence-electron chi connectivity index (χ0n) is 13.2. The van der Waals surface area contributed by atoms with Crippen LogP contribution in [0, 0.1) is 11.3 Å². The van der Waals surface area contributed by atoms with Gasteiger partial charge in [0.05, 0.1) is 17.5 Å². The molecule has 0 aliphatic carbocycles. The van der Waals surface area contributed by atoms with Gasteiger partial charge in [-0.05, 0) is 37.6 Å². The lowest BCUT2D eigenvalue weighted by molar-refractivity contribution is -0.133. The number of nitrogens with one attached hydrogen (secondary N) is 1. The molecule has 23 heavy (non-hydrogen) atoms. The van der Waals surface area contributed by atoms with Gasteiger partial charge in [0, 0.05) is 17.0 Å². The van der Waals surface area contributed by atoms with Gasteiger partial charge in [-0.2, -0.15) is 5.26 Å². The molecule has 0 bridgehead atoms. The molecule has 1 unspecified atom stereocenters. The number of hydrogen-bond acceptors (Lipinski definition) is 4. The Kier molecular flexibility index (Phi) is 5.83. The van der Waals surface area contributed by atoms with E-state index in [0.717, 1.165) is 6.42 Å². The third kappa shape index (κ3) is 4.14. The summed E-state index contributed by atoms with van der Waals surface area (Å²) in [6.07, 6.45) is 2.67. The lowest BCUT2D eigenvalue weighted by Crippen LogP contribution is -2.44. The van der Waals surface area contributed by atoms with Gasteiger partial charge in [0.25, 0.3) is 5.91 Å². The molecule has 1 N–H and O–H groups in total. The highest BCUT2D eigenvalue weighted by Gasteiger charge is 2.34. The molecule has 1 fully saturated rings. The average molecular weight is 329 g/mol. The van der Waals surface area contributed by atoms with Crippen molar-refractivity contribution in [1.82, 2.24) is 4.90 Å². The number of nitriles is 1. The van der Waals surface area contributed by atoms with Crippen LogP contribution in [0.2, 0.25) is 0 Å². The van der Waals surface area contributed by atoms with Crippen molar-refractivity contribution in [1.29, 1.82) is 5.26 Å². The van der Waals surface area contributed by atoms with Crippen LogP contribution >= 0.6 is 11.8 Å². The first-order chi connectivity index (χ1) is 11.1. The van der Waals surface area contributed by atoms with Crippen molar-refractivity contribution in [2.75, 3.05) is 16.9 Å². The fraction of sp³-hybridized carbons (Fsp3) is 0.353. The molecule has 5 nitrogen and oxygen atoms in total. The lowest BCUT2D eigenvalue weighted by Gasteiger charge is -2.23. The average Bonchev–Trinajstić information content (AvgIpc) is 3.04. The van der Waals surface area contributed by atoms with E-state index in [1.807, 2.05) is 19.1 Å². The summed E-state index contributed by atoms with van der Waals surface area (Å²) in [6.45, 7) is 3.76. The van der Waals surface area contributed by atoms with Gasteiger partial charge in [-0.3, -0.25) is 9.59 Å². The second kappa shape index (κ2) is 7.84. The smallest absolute Gasteiger partial charge is 0.250 e. The Morgan fingerprint density at radius 2 is 2.13 bits per heavy atom. The van der Waals surface area contributed by atoms with E-state index in [1.165, 1.54) is 0 Å². The zero-order chi connectivity index (χ0) is 16.8. The Labute approximate surface area is 140 Å². The Hall–Kier alpha value is -2.26. The maximum Gasteiger partial charge on any atom is 0.250 e. The highest BCUT2D eigenvalue weighted by molar-refractivity contribution is 7.99. The van der Waals surface area contributed by atoms with Gasteiger partial charge < -0.3 is 10.2 Å². The van der Waals surface area contributed by atoms with Crippen LogP contribution in [0.25, 0.3) is 0 Å². The monoisotopic (exact) mass is 329 g/mol. The molecule has 120 valence electrons. The Morgan fingerprint density at radius 1 is 1.43 bits per heavy atom. The van der Waals surface area contributed by atoms with Crippen molar-refractivity contribution in [3.63, 3.8) is 0 Å². The Bertz CT molecular complexity index is 661. The van der Waals surface area contributed by atoms with Crippen LogP contribution in [-0.2, 0) is 9.59 Å². The van der Waals surface area contributed by atoms with Crippen LogP contribution < -0.4 is 5.32 Å². The van der Waals surface area contributed by atoms with Crippen molar-refractivity contribution in [3.8, 4) is 6.07 Å².